The number of nitrogens with zero attached hydrogens (tertiary/aromatic N) is 2. The topological polar surface area (TPSA) is 43.8 Å². The average Bonchev–Trinajstić information content (AvgIpc) is 2.81. The van der Waals surface area contributed by atoms with Crippen LogP contribution in [0.1, 0.15) is 5.56 Å². The summed E-state index contributed by atoms with van der Waals surface area (Å²) in [5.74, 6) is 0. The van der Waals surface area contributed by atoms with Crippen molar-refractivity contribution in [1.82, 2.24) is 9.78 Å². The molecule has 4 heteroatoms. The highest BCUT2D eigenvalue weighted by molar-refractivity contribution is 6.30. The summed E-state index contributed by atoms with van der Waals surface area (Å²) in [6, 6.07) is 15.7. The number of aromatic nitrogens is 2. The average molecular weight is 284 g/mol. The molecule has 0 radical (unpaired) electrons. The molecule has 20 heavy (non-hydrogen) atoms. The maximum Gasteiger partial charge on any atom is 0.116 e. The molecular formula is C16H14ClN3. The lowest BCUT2D eigenvalue weighted by Gasteiger charge is -2.02. The molecule has 0 aliphatic rings. The van der Waals surface area contributed by atoms with Crippen LogP contribution in [0.2, 0.25) is 5.02 Å². The van der Waals surface area contributed by atoms with Crippen LogP contribution >= 0.6 is 11.6 Å². The third-order valence-electron chi connectivity index (χ3n) is 3.11. The van der Waals surface area contributed by atoms with Crippen LogP contribution < -0.4 is 5.73 Å². The van der Waals surface area contributed by atoms with Gasteiger partial charge in [0.15, 0.2) is 0 Å². The van der Waals surface area contributed by atoms with E-state index in [1.54, 1.807) is 4.68 Å². The minimum atomic E-state index is 0.649. The Kier molecular flexibility index (Phi) is 3.20. The molecule has 0 saturated heterocycles. The van der Waals surface area contributed by atoms with Gasteiger partial charge in [-0.15, -0.1) is 0 Å². The fraction of sp³-hybridized carbons (Fsp3) is 0.0625. The van der Waals surface area contributed by atoms with Gasteiger partial charge in [0, 0.05) is 10.6 Å². The van der Waals surface area contributed by atoms with Crippen LogP contribution in [0.4, 0.5) is 5.69 Å². The summed E-state index contributed by atoms with van der Waals surface area (Å²) in [7, 11) is 0. The van der Waals surface area contributed by atoms with Crippen molar-refractivity contribution < 1.29 is 0 Å². The van der Waals surface area contributed by atoms with Gasteiger partial charge in [-0.1, -0.05) is 41.4 Å². The van der Waals surface area contributed by atoms with E-state index in [4.69, 9.17) is 17.3 Å². The SMILES string of the molecule is Cc1cccc(-c2nn(-c3cccc(Cl)c3)cc2N)c1. The first-order valence-corrected chi connectivity index (χ1v) is 6.69. The van der Waals surface area contributed by atoms with E-state index in [0.29, 0.717) is 10.7 Å². The first-order chi connectivity index (χ1) is 9.63. The van der Waals surface area contributed by atoms with Crippen molar-refractivity contribution in [1.29, 1.82) is 0 Å². The second-order valence-corrected chi connectivity index (χ2v) is 5.16. The van der Waals surface area contributed by atoms with E-state index in [1.807, 2.05) is 55.6 Å². The smallest absolute Gasteiger partial charge is 0.116 e. The summed E-state index contributed by atoms with van der Waals surface area (Å²) < 4.78 is 1.75. The molecule has 3 rings (SSSR count). The predicted molar refractivity (Wildman–Crippen MR) is 83.2 cm³/mol. The summed E-state index contributed by atoms with van der Waals surface area (Å²) in [5, 5.41) is 5.24. The van der Waals surface area contributed by atoms with E-state index in [-0.39, 0.29) is 0 Å². The van der Waals surface area contributed by atoms with E-state index in [9.17, 15) is 0 Å². The van der Waals surface area contributed by atoms with E-state index in [0.717, 1.165) is 16.9 Å². The van der Waals surface area contributed by atoms with E-state index < -0.39 is 0 Å². The van der Waals surface area contributed by atoms with Crippen LogP contribution in [0, 0.1) is 6.92 Å². The molecule has 0 saturated carbocycles. The summed E-state index contributed by atoms with van der Waals surface area (Å²) in [6.45, 7) is 2.05. The van der Waals surface area contributed by atoms with E-state index >= 15 is 0 Å². The third-order valence-corrected chi connectivity index (χ3v) is 3.34. The Morgan fingerprint density at radius 3 is 2.65 bits per heavy atom. The molecule has 1 heterocycles. The molecule has 0 aliphatic heterocycles. The zero-order chi connectivity index (χ0) is 14.1. The molecule has 1 aromatic heterocycles. The molecule has 100 valence electrons. The highest BCUT2D eigenvalue weighted by Crippen LogP contribution is 2.26. The first kappa shape index (κ1) is 12.8. The lowest BCUT2D eigenvalue weighted by molar-refractivity contribution is 0.884. The minimum absolute atomic E-state index is 0.649. The lowest BCUT2D eigenvalue weighted by Crippen LogP contribution is -1.94. The quantitative estimate of drug-likeness (QED) is 0.770. The van der Waals surface area contributed by atoms with Gasteiger partial charge in [0.05, 0.1) is 17.6 Å². The van der Waals surface area contributed by atoms with Crippen LogP contribution in [-0.4, -0.2) is 9.78 Å². The second kappa shape index (κ2) is 5.02. The maximum atomic E-state index is 6.08. The lowest BCUT2D eigenvalue weighted by atomic mass is 10.1. The third kappa shape index (κ3) is 2.40. The Morgan fingerprint density at radius 2 is 1.90 bits per heavy atom. The monoisotopic (exact) mass is 283 g/mol. The van der Waals surface area contributed by atoms with Crippen LogP contribution in [0.15, 0.2) is 54.7 Å². The van der Waals surface area contributed by atoms with Gasteiger partial charge in [-0.2, -0.15) is 5.10 Å². The number of aryl methyl sites for hydroxylation is 1. The molecule has 3 nitrogen and oxygen atoms in total. The molecule has 0 amide bonds. The highest BCUT2D eigenvalue weighted by Gasteiger charge is 2.10. The summed E-state index contributed by atoms with van der Waals surface area (Å²) in [4.78, 5) is 0. The zero-order valence-corrected chi connectivity index (χ0v) is 11.8. The van der Waals surface area contributed by atoms with Crippen LogP contribution in [0.25, 0.3) is 16.9 Å². The van der Waals surface area contributed by atoms with Crippen molar-refractivity contribution in [2.75, 3.05) is 5.73 Å². The van der Waals surface area contributed by atoms with Crippen molar-refractivity contribution in [2.45, 2.75) is 6.92 Å². The van der Waals surface area contributed by atoms with Gasteiger partial charge in [0.25, 0.3) is 0 Å². The number of nitrogen functional groups attached to an aromatic ring is 1. The first-order valence-electron chi connectivity index (χ1n) is 6.31. The number of halogens is 1. The predicted octanol–water partition coefficient (Wildman–Crippen LogP) is 4.08. The summed E-state index contributed by atoms with van der Waals surface area (Å²) >= 11 is 6.01. The van der Waals surface area contributed by atoms with E-state index in [1.165, 1.54) is 5.56 Å². The number of rotatable bonds is 2. The Balaban J connectivity index is 2.08. The summed E-state index contributed by atoms with van der Waals surface area (Å²) in [5.41, 5.74) is 10.6. The largest absolute Gasteiger partial charge is 0.396 e. The molecule has 3 aromatic rings. The molecule has 2 N–H and O–H groups in total. The number of nitrogens with two attached hydrogens (primary N) is 1. The molecule has 2 aromatic carbocycles. The molecule has 0 aliphatic carbocycles. The van der Waals surface area contributed by atoms with E-state index in [2.05, 4.69) is 11.2 Å². The fourth-order valence-electron chi connectivity index (χ4n) is 2.15. The molecule has 0 unspecified atom stereocenters. The Hall–Kier alpha value is -2.26. The summed E-state index contributed by atoms with van der Waals surface area (Å²) in [6.07, 6.45) is 1.81. The van der Waals surface area contributed by atoms with Crippen molar-refractivity contribution in [3.8, 4) is 16.9 Å². The van der Waals surface area contributed by atoms with Crippen LogP contribution in [0.3, 0.4) is 0 Å². The van der Waals surface area contributed by atoms with Crippen LogP contribution in [-0.2, 0) is 0 Å². The minimum Gasteiger partial charge on any atom is -0.396 e. The van der Waals surface area contributed by atoms with Crippen molar-refractivity contribution >= 4 is 17.3 Å². The van der Waals surface area contributed by atoms with Crippen molar-refractivity contribution in [2.24, 2.45) is 0 Å². The van der Waals surface area contributed by atoms with Gasteiger partial charge >= 0.3 is 0 Å². The number of anilines is 1. The van der Waals surface area contributed by atoms with Gasteiger partial charge < -0.3 is 5.73 Å². The molecular weight excluding hydrogens is 270 g/mol. The zero-order valence-electron chi connectivity index (χ0n) is 11.0. The highest BCUT2D eigenvalue weighted by atomic mass is 35.5. The second-order valence-electron chi connectivity index (χ2n) is 4.73. The molecule has 0 atom stereocenters. The molecule has 0 spiro atoms. The Morgan fingerprint density at radius 1 is 1.10 bits per heavy atom. The van der Waals surface area contributed by atoms with Crippen molar-refractivity contribution in [3.05, 3.63) is 65.3 Å². The number of benzene rings is 2. The molecule has 0 bridgehead atoms. The normalized spacial score (nSPS) is 10.7. The number of hydrogen-bond acceptors (Lipinski definition) is 2. The molecule has 0 fully saturated rings. The van der Waals surface area contributed by atoms with Gasteiger partial charge in [-0.3, -0.25) is 0 Å². The van der Waals surface area contributed by atoms with Gasteiger partial charge in [0.1, 0.15) is 5.69 Å². The maximum absolute atomic E-state index is 6.08. The standard InChI is InChI=1S/C16H14ClN3/c1-11-4-2-5-12(8-11)16-15(18)10-20(19-16)14-7-3-6-13(17)9-14/h2-10H,18H2,1H3. The fourth-order valence-corrected chi connectivity index (χ4v) is 2.34. The Labute approximate surface area is 122 Å². The van der Waals surface area contributed by atoms with Gasteiger partial charge in [-0.25, -0.2) is 4.68 Å². The van der Waals surface area contributed by atoms with Crippen molar-refractivity contribution in [3.63, 3.8) is 0 Å². The van der Waals surface area contributed by atoms with Crippen LogP contribution in [0.5, 0.6) is 0 Å². The number of hydrogen-bond donors (Lipinski definition) is 1. The Bertz CT molecular complexity index is 762. The van der Waals surface area contributed by atoms with Gasteiger partial charge in [-0.05, 0) is 31.2 Å². The van der Waals surface area contributed by atoms with Gasteiger partial charge in [0.2, 0.25) is 0 Å².